The van der Waals surface area contributed by atoms with Crippen LogP contribution in [0.3, 0.4) is 0 Å². The summed E-state index contributed by atoms with van der Waals surface area (Å²) in [6, 6.07) is 0. The van der Waals surface area contributed by atoms with Crippen molar-refractivity contribution in [1.82, 2.24) is 0 Å². The Bertz CT molecular complexity index is 673. The van der Waals surface area contributed by atoms with Gasteiger partial charge in [-0.2, -0.15) is 0 Å². The fourth-order valence-electron chi connectivity index (χ4n) is 6.72. The lowest BCUT2D eigenvalue weighted by Crippen LogP contribution is -2.62. The number of rotatable bonds is 2. The van der Waals surface area contributed by atoms with E-state index in [-0.39, 0.29) is 30.1 Å². The minimum absolute atomic E-state index is 0.108. The first-order valence-electron chi connectivity index (χ1n) is 9.74. The first-order valence-corrected chi connectivity index (χ1v) is 9.74. The van der Waals surface area contributed by atoms with E-state index >= 15 is 0 Å². The van der Waals surface area contributed by atoms with Crippen LogP contribution >= 0.6 is 0 Å². The second-order valence-electron chi connectivity index (χ2n) is 9.85. The van der Waals surface area contributed by atoms with Gasteiger partial charge in [-0.15, -0.1) is 0 Å². The molecular weight excluding hydrogens is 320 g/mol. The number of aliphatic hydroxyl groups is 3. The Morgan fingerprint density at radius 1 is 1.20 bits per heavy atom. The number of hydrogen-bond acceptors (Lipinski definition) is 5. The predicted molar refractivity (Wildman–Crippen MR) is 90.6 cm³/mol. The molecule has 8 unspecified atom stereocenters. The van der Waals surface area contributed by atoms with E-state index in [0.29, 0.717) is 5.92 Å². The van der Waals surface area contributed by atoms with Gasteiger partial charge in [-0.1, -0.05) is 38.8 Å². The van der Waals surface area contributed by atoms with Crippen LogP contribution < -0.4 is 0 Å². The van der Waals surface area contributed by atoms with E-state index in [0.717, 1.165) is 25.7 Å². The van der Waals surface area contributed by atoms with Crippen molar-refractivity contribution >= 4 is 0 Å². The monoisotopic (exact) mass is 350 g/mol. The van der Waals surface area contributed by atoms with Crippen molar-refractivity contribution < 1.29 is 24.8 Å². The molecule has 2 aliphatic carbocycles. The van der Waals surface area contributed by atoms with E-state index in [9.17, 15) is 15.3 Å². The van der Waals surface area contributed by atoms with Crippen LogP contribution in [0.4, 0.5) is 0 Å². The van der Waals surface area contributed by atoms with Crippen molar-refractivity contribution in [2.45, 2.75) is 83.1 Å². The van der Waals surface area contributed by atoms with Gasteiger partial charge in [0.05, 0.1) is 18.8 Å². The number of fused-ring (bicyclic) bond motifs is 9. The average molecular weight is 350 g/mol. The second kappa shape index (κ2) is 4.50. The predicted octanol–water partition coefficient (Wildman–Crippen LogP) is 1.75. The molecule has 3 heterocycles. The molecule has 5 heteroatoms. The molecule has 0 aromatic heterocycles. The zero-order valence-electron chi connectivity index (χ0n) is 15.6. The van der Waals surface area contributed by atoms with E-state index in [1.54, 1.807) is 0 Å². The summed E-state index contributed by atoms with van der Waals surface area (Å²) < 4.78 is 11.9. The summed E-state index contributed by atoms with van der Waals surface area (Å²) in [6.45, 7) is 8.61. The molecule has 4 fully saturated rings. The minimum atomic E-state index is -1.34. The zero-order valence-corrected chi connectivity index (χ0v) is 15.6. The van der Waals surface area contributed by atoms with E-state index in [1.807, 2.05) is 0 Å². The number of aliphatic hydroxyl groups excluding tert-OH is 2. The molecular formula is C20H30O5. The van der Waals surface area contributed by atoms with Gasteiger partial charge in [0.15, 0.2) is 0 Å². The lowest BCUT2D eigenvalue weighted by molar-refractivity contribution is -0.336. The third kappa shape index (κ3) is 1.60. The Morgan fingerprint density at radius 3 is 2.56 bits per heavy atom. The van der Waals surface area contributed by atoms with Crippen molar-refractivity contribution in [1.29, 1.82) is 0 Å². The highest BCUT2D eigenvalue weighted by Gasteiger charge is 2.85. The van der Waals surface area contributed by atoms with Gasteiger partial charge in [0, 0.05) is 10.8 Å². The number of epoxide rings is 1. The fraction of sp³-hybridized carbons (Fsp3) is 0.900. The van der Waals surface area contributed by atoms with E-state index in [2.05, 4.69) is 27.7 Å². The van der Waals surface area contributed by atoms with Gasteiger partial charge in [0.1, 0.15) is 11.7 Å². The third-order valence-electron chi connectivity index (χ3n) is 8.55. The molecule has 5 nitrogen and oxygen atoms in total. The fourth-order valence-corrected chi connectivity index (χ4v) is 6.72. The standard InChI is InChI=1S/C20H30O5/c1-10(2)11-7-13(22)17(3)5-6-18(4)12(15(11)17)8-14-19(9-21)16(25-19)20(18,23)24-14/h10,12-14,16,21-23H,5-9H2,1-4H3. The largest absolute Gasteiger partial charge is 0.393 e. The molecule has 0 aromatic rings. The van der Waals surface area contributed by atoms with Gasteiger partial charge in [0.2, 0.25) is 5.79 Å². The summed E-state index contributed by atoms with van der Waals surface area (Å²) in [5.74, 6) is -0.779. The molecule has 3 N–H and O–H groups in total. The highest BCUT2D eigenvalue weighted by Crippen LogP contribution is 2.73. The molecule has 140 valence electrons. The van der Waals surface area contributed by atoms with Gasteiger partial charge >= 0.3 is 0 Å². The lowest BCUT2D eigenvalue weighted by atomic mass is 9.52. The van der Waals surface area contributed by atoms with Gasteiger partial charge in [-0.05, 0) is 37.5 Å². The topological polar surface area (TPSA) is 82.5 Å². The summed E-state index contributed by atoms with van der Waals surface area (Å²) in [6.07, 6.45) is 2.11. The molecule has 25 heavy (non-hydrogen) atoms. The normalized spacial score (nSPS) is 59.0. The lowest BCUT2D eigenvalue weighted by Gasteiger charge is -2.58. The Hall–Kier alpha value is -0.460. The maximum absolute atomic E-state index is 11.5. The molecule has 1 saturated carbocycles. The molecule has 5 rings (SSSR count). The Kier molecular flexibility index (Phi) is 3.01. The summed E-state index contributed by atoms with van der Waals surface area (Å²) in [7, 11) is 0. The van der Waals surface area contributed by atoms with Gasteiger partial charge < -0.3 is 24.8 Å². The van der Waals surface area contributed by atoms with E-state index in [1.165, 1.54) is 11.1 Å². The minimum Gasteiger partial charge on any atom is -0.393 e. The molecule has 0 aromatic carbocycles. The molecule has 0 amide bonds. The zero-order chi connectivity index (χ0) is 18.0. The van der Waals surface area contributed by atoms with Gasteiger partial charge in [-0.3, -0.25) is 0 Å². The van der Waals surface area contributed by atoms with Crippen molar-refractivity contribution in [2.75, 3.05) is 6.61 Å². The van der Waals surface area contributed by atoms with Crippen LogP contribution in [0.5, 0.6) is 0 Å². The van der Waals surface area contributed by atoms with Crippen molar-refractivity contribution in [2.24, 2.45) is 22.7 Å². The van der Waals surface area contributed by atoms with Crippen LogP contribution in [-0.2, 0) is 9.47 Å². The Morgan fingerprint density at radius 2 is 1.92 bits per heavy atom. The summed E-state index contributed by atoms with van der Waals surface area (Å²) >= 11 is 0. The van der Waals surface area contributed by atoms with Gasteiger partial charge in [-0.25, -0.2) is 0 Å². The van der Waals surface area contributed by atoms with Crippen molar-refractivity contribution in [3.63, 3.8) is 0 Å². The number of ether oxygens (including phenoxy) is 2. The Balaban J connectivity index is 1.66. The quantitative estimate of drug-likeness (QED) is 0.522. The molecule has 0 radical (unpaired) electrons. The SMILES string of the molecule is CC(C)C1=C2C3CC4OC(O)(C5OC45CO)C3(C)CCC2(C)C(O)C1. The molecule has 5 aliphatic rings. The third-order valence-corrected chi connectivity index (χ3v) is 8.55. The molecule has 3 saturated heterocycles. The average Bonchev–Trinajstić information content (AvgIpc) is 3.20. The van der Waals surface area contributed by atoms with Crippen LogP contribution in [0.1, 0.15) is 53.4 Å². The molecule has 2 bridgehead atoms. The smallest absolute Gasteiger partial charge is 0.201 e. The molecule has 3 aliphatic heterocycles. The van der Waals surface area contributed by atoms with E-state index < -0.39 is 22.9 Å². The number of hydrogen-bond donors (Lipinski definition) is 3. The first-order chi connectivity index (χ1) is 11.6. The van der Waals surface area contributed by atoms with Crippen molar-refractivity contribution in [3.8, 4) is 0 Å². The van der Waals surface area contributed by atoms with Crippen LogP contribution in [0, 0.1) is 22.7 Å². The Labute approximate surface area is 149 Å². The molecule has 0 spiro atoms. The van der Waals surface area contributed by atoms with Crippen molar-refractivity contribution in [3.05, 3.63) is 11.1 Å². The second-order valence-corrected chi connectivity index (χ2v) is 9.85. The van der Waals surface area contributed by atoms with Crippen LogP contribution in [0.15, 0.2) is 11.1 Å². The highest BCUT2D eigenvalue weighted by atomic mass is 16.8. The summed E-state index contributed by atoms with van der Waals surface area (Å²) in [5.41, 5.74) is 1.37. The van der Waals surface area contributed by atoms with Crippen LogP contribution in [0.2, 0.25) is 0 Å². The first kappa shape index (κ1) is 16.7. The van der Waals surface area contributed by atoms with Crippen LogP contribution in [0.25, 0.3) is 0 Å². The maximum Gasteiger partial charge on any atom is 0.201 e. The maximum atomic E-state index is 11.5. The van der Waals surface area contributed by atoms with Gasteiger partial charge in [0.25, 0.3) is 0 Å². The molecule has 8 atom stereocenters. The van der Waals surface area contributed by atoms with Crippen LogP contribution in [-0.4, -0.2) is 51.6 Å². The summed E-state index contributed by atoms with van der Waals surface area (Å²) in [4.78, 5) is 0. The summed E-state index contributed by atoms with van der Waals surface area (Å²) in [5, 5.41) is 32.3. The highest BCUT2D eigenvalue weighted by molar-refractivity contribution is 5.41. The van der Waals surface area contributed by atoms with E-state index in [4.69, 9.17) is 9.47 Å².